The maximum Gasteiger partial charge on any atom is 0.355 e. The van der Waals surface area contributed by atoms with Crippen LogP contribution in [0.25, 0.3) is 0 Å². The SMILES string of the molecule is O=C(NNc1ncnc(Nc2cccnc2Cl)c1[N+](=O)[O-])c1ccc(Cl)cc1Cl. The number of hydrazine groups is 1. The first-order valence-corrected chi connectivity index (χ1v) is 8.88. The number of nitrogens with one attached hydrogen (secondary N) is 3. The molecule has 0 aliphatic heterocycles. The van der Waals surface area contributed by atoms with Crippen LogP contribution in [0.2, 0.25) is 15.2 Å². The van der Waals surface area contributed by atoms with Crippen molar-refractivity contribution < 1.29 is 9.72 Å². The lowest BCUT2D eigenvalue weighted by Gasteiger charge is -2.11. The number of benzene rings is 1. The first kappa shape index (κ1) is 20.5. The van der Waals surface area contributed by atoms with E-state index in [9.17, 15) is 14.9 Å². The van der Waals surface area contributed by atoms with Gasteiger partial charge in [-0.15, -0.1) is 0 Å². The van der Waals surface area contributed by atoms with Crippen LogP contribution in [0.15, 0.2) is 42.9 Å². The Balaban J connectivity index is 1.85. The fourth-order valence-electron chi connectivity index (χ4n) is 2.20. The number of halogens is 3. The Bertz CT molecular complexity index is 1100. The number of rotatable bonds is 6. The first-order chi connectivity index (χ1) is 13.9. The van der Waals surface area contributed by atoms with E-state index in [-0.39, 0.29) is 27.4 Å². The van der Waals surface area contributed by atoms with E-state index in [1.54, 1.807) is 12.1 Å². The van der Waals surface area contributed by atoms with Crippen LogP contribution < -0.4 is 16.2 Å². The van der Waals surface area contributed by atoms with Gasteiger partial charge in [-0.2, -0.15) is 0 Å². The molecule has 0 fully saturated rings. The lowest BCUT2D eigenvalue weighted by molar-refractivity contribution is -0.383. The van der Waals surface area contributed by atoms with Gasteiger partial charge in [0.25, 0.3) is 5.91 Å². The highest BCUT2D eigenvalue weighted by Crippen LogP contribution is 2.32. The maximum atomic E-state index is 12.3. The molecule has 0 saturated heterocycles. The van der Waals surface area contributed by atoms with E-state index in [1.807, 2.05) is 0 Å². The molecule has 1 aromatic carbocycles. The van der Waals surface area contributed by atoms with Crippen LogP contribution in [-0.2, 0) is 0 Å². The number of aromatic nitrogens is 3. The van der Waals surface area contributed by atoms with E-state index < -0.39 is 16.5 Å². The van der Waals surface area contributed by atoms with Crippen LogP contribution in [0.3, 0.4) is 0 Å². The van der Waals surface area contributed by atoms with Crippen LogP contribution in [0.5, 0.6) is 0 Å². The minimum absolute atomic E-state index is 0.0978. The van der Waals surface area contributed by atoms with E-state index in [1.165, 1.54) is 24.4 Å². The third kappa shape index (κ3) is 4.80. The van der Waals surface area contributed by atoms with Gasteiger partial charge in [0.2, 0.25) is 11.6 Å². The van der Waals surface area contributed by atoms with Gasteiger partial charge in [-0.1, -0.05) is 34.8 Å². The monoisotopic (exact) mass is 453 g/mol. The summed E-state index contributed by atoms with van der Waals surface area (Å²) in [5.41, 5.74) is 4.60. The average Bonchev–Trinajstić information content (AvgIpc) is 2.67. The molecule has 29 heavy (non-hydrogen) atoms. The summed E-state index contributed by atoms with van der Waals surface area (Å²) in [4.78, 5) is 34.7. The summed E-state index contributed by atoms with van der Waals surface area (Å²) >= 11 is 17.7. The van der Waals surface area contributed by atoms with Crippen LogP contribution in [0.1, 0.15) is 10.4 Å². The van der Waals surface area contributed by atoms with Crippen LogP contribution in [0, 0.1) is 10.1 Å². The second kappa shape index (κ2) is 8.86. The zero-order valence-corrected chi connectivity index (χ0v) is 16.5. The van der Waals surface area contributed by atoms with Gasteiger partial charge in [0.1, 0.15) is 6.33 Å². The van der Waals surface area contributed by atoms with Gasteiger partial charge >= 0.3 is 5.69 Å². The predicted molar refractivity (Wildman–Crippen MR) is 109 cm³/mol. The number of nitrogens with zero attached hydrogens (tertiary/aromatic N) is 4. The lowest BCUT2D eigenvalue weighted by Crippen LogP contribution is -2.30. The van der Waals surface area contributed by atoms with Crippen LogP contribution in [0.4, 0.5) is 23.0 Å². The van der Waals surface area contributed by atoms with Crippen LogP contribution >= 0.6 is 34.8 Å². The van der Waals surface area contributed by atoms with Gasteiger partial charge < -0.3 is 5.32 Å². The number of hydrogen-bond donors (Lipinski definition) is 3. The zero-order chi connectivity index (χ0) is 21.0. The van der Waals surface area contributed by atoms with Crippen molar-refractivity contribution >= 4 is 63.7 Å². The third-order valence-corrected chi connectivity index (χ3v) is 4.34. The van der Waals surface area contributed by atoms with Crippen molar-refractivity contribution in [3.05, 3.63) is 73.7 Å². The summed E-state index contributed by atoms with van der Waals surface area (Å²) in [6.45, 7) is 0. The lowest BCUT2D eigenvalue weighted by atomic mass is 10.2. The Morgan fingerprint density at radius 3 is 2.52 bits per heavy atom. The molecule has 0 aliphatic rings. The van der Waals surface area contributed by atoms with Gasteiger partial charge in [0, 0.05) is 11.2 Å². The molecule has 2 aromatic heterocycles. The number of carbonyl (C=O) groups excluding carboxylic acids is 1. The summed E-state index contributed by atoms with van der Waals surface area (Å²) in [6.07, 6.45) is 2.54. The van der Waals surface area contributed by atoms with Crippen molar-refractivity contribution in [2.75, 3.05) is 10.7 Å². The molecule has 3 N–H and O–H groups in total. The molecule has 0 aliphatic carbocycles. The number of carbonyl (C=O) groups is 1. The highest BCUT2D eigenvalue weighted by Gasteiger charge is 2.24. The second-order valence-electron chi connectivity index (χ2n) is 5.35. The summed E-state index contributed by atoms with van der Waals surface area (Å²) in [7, 11) is 0. The molecule has 148 valence electrons. The molecule has 1 amide bonds. The zero-order valence-electron chi connectivity index (χ0n) is 14.2. The van der Waals surface area contributed by atoms with Gasteiger partial charge in [0.15, 0.2) is 5.15 Å². The fourth-order valence-corrected chi connectivity index (χ4v) is 2.86. The summed E-state index contributed by atoms with van der Waals surface area (Å²) in [5, 5.41) is 14.9. The van der Waals surface area contributed by atoms with Crippen LogP contribution in [-0.4, -0.2) is 25.8 Å². The van der Waals surface area contributed by atoms with E-state index in [2.05, 4.69) is 31.1 Å². The summed E-state index contributed by atoms with van der Waals surface area (Å²) in [6, 6.07) is 7.45. The van der Waals surface area contributed by atoms with Gasteiger partial charge in [-0.3, -0.25) is 25.8 Å². The Labute approximate surface area is 178 Å². The topological polar surface area (TPSA) is 135 Å². The molecule has 10 nitrogen and oxygen atoms in total. The molecule has 0 bridgehead atoms. The molecule has 2 heterocycles. The predicted octanol–water partition coefficient (Wildman–Crippen LogP) is 4.24. The van der Waals surface area contributed by atoms with E-state index >= 15 is 0 Å². The molecule has 0 atom stereocenters. The van der Waals surface area contributed by atoms with E-state index in [0.717, 1.165) is 6.33 Å². The largest absolute Gasteiger partial charge is 0.355 e. The Hall–Kier alpha value is -3.21. The second-order valence-corrected chi connectivity index (χ2v) is 6.55. The molecule has 0 saturated carbocycles. The number of amides is 1. The fraction of sp³-hybridized carbons (Fsp3) is 0. The van der Waals surface area contributed by atoms with Crippen molar-refractivity contribution in [3.63, 3.8) is 0 Å². The van der Waals surface area contributed by atoms with E-state index in [4.69, 9.17) is 34.8 Å². The van der Waals surface area contributed by atoms with Crippen molar-refractivity contribution in [3.8, 4) is 0 Å². The first-order valence-electron chi connectivity index (χ1n) is 7.75. The molecule has 13 heteroatoms. The highest BCUT2D eigenvalue weighted by atomic mass is 35.5. The Morgan fingerprint density at radius 1 is 1.07 bits per heavy atom. The molecule has 0 spiro atoms. The number of anilines is 3. The standard InChI is InChI=1S/C16H10Cl3N7O3/c17-8-3-4-9(10(18)6-8)16(27)25-24-15-12(26(28)29)14(21-7-22-15)23-11-2-1-5-20-13(11)19/h1-7H,(H,25,27)(H2,21,22,23,24). The van der Waals surface area contributed by atoms with Crippen molar-refractivity contribution in [1.29, 1.82) is 0 Å². The molecular weight excluding hydrogens is 445 g/mol. The molecule has 3 aromatic rings. The number of pyridine rings is 1. The average molecular weight is 455 g/mol. The smallest absolute Gasteiger partial charge is 0.332 e. The highest BCUT2D eigenvalue weighted by molar-refractivity contribution is 6.36. The molecule has 3 rings (SSSR count). The Kier molecular flexibility index (Phi) is 6.27. The molecule has 0 radical (unpaired) electrons. The maximum absolute atomic E-state index is 12.3. The summed E-state index contributed by atoms with van der Waals surface area (Å²) < 4.78 is 0. The van der Waals surface area contributed by atoms with E-state index in [0.29, 0.717) is 10.7 Å². The Morgan fingerprint density at radius 2 is 1.83 bits per heavy atom. The minimum Gasteiger partial charge on any atom is -0.332 e. The summed E-state index contributed by atoms with van der Waals surface area (Å²) in [5.74, 6) is -1.06. The van der Waals surface area contributed by atoms with Crippen molar-refractivity contribution in [1.82, 2.24) is 20.4 Å². The number of hydrogen-bond acceptors (Lipinski definition) is 8. The van der Waals surface area contributed by atoms with Gasteiger partial charge in [-0.25, -0.2) is 15.0 Å². The van der Waals surface area contributed by atoms with Crippen molar-refractivity contribution in [2.24, 2.45) is 0 Å². The molecule has 0 unspecified atom stereocenters. The molecular formula is C16H10Cl3N7O3. The third-order valence-electron chi connectivity index (χ3n) is 3.49. The number of nitro groups is 1. The van der Waals surface area contributed by atoms with Gasteiger partial charge in [-0.05, 0) is 30.3 Å². The normalized spacial score (nSPS) is 10.3. The van der Waals surface area contributed by atoms with Gasteiger partial charge in [0.05, 0.1) is 21.2 Å². The quantitative estimate of drug-likeness (QED) is 0.286. The minimum atomic E-state index is -0.712. The van der Waals surface area contributed by atoms with Crippen molar-refractivity contribution in [2.45, 2.75) is 0 Å².